The number of nitrogens with one attached hydrogen (secondary N) is 1. The van der Waals surface area contributed by atoms with Crippen molar-refractivity contribution in [2.45, 2.75) is 102 Å². The van der Waals surface area contributed by atoms with E-state index in [1.807, 2.05) is 0 Å². The van der Waals surface area contributed by atoms with Crippen LogP contribution in [-0.4, -0.2) is 104 Å². The average Bonchev–Trinajstić information content (AvgIpc) is 2.87. The molecular formula is C27H43Ac2NO11. The molecule has 3 aliphatic carbocycles. The van der Waals surface area contributed by atoms with Gasteiger partial charge in [0.1, 0.15) is 23.9 Å². The molecule has 1 saturated heterocycles. The summed E-state index contributed by atoms with van der Waals surface area (Å²) in [5.41, 5.74) is -5.42. The van der Waals surface area contributed by atoms with Gasteiger partial charge in [-0.3, -0.25) is 10.1 Å². The summed E-state index contributed by atoms with van der Waals surface area (Å²) in [6.07, 6.45) is -7.48. The Labute approximate surface area is 312 Å². The number of hydrogen-bond acceptors (Lipinski definition) is 11. The van der Waals surface area contributed by atoms with Crippen molar-refractivity contribution in [1.82, 2.24) is 5.32 Å². The summed E-state index contributed by atoms with van der Waals surface area (Å²) in [6, 6.07) is -0.948. The standard InChI is InChI=1S/C27H43NO11.2Ac/c1-11-14(20(39-36)18(30)13(3)28-23(33)37-7)9-27(35)12(2)21-25(6,15(29)8-16-26(21,34)10-38-16)22(32)19(31)17(11)24(27,4)5;;/h12-16,18-21,29-31,34-36H,8-10H2,1-7H3,(H,28,33);;/t12?,13?,14?,15?,16?,18?,19?,20?,21?,25-,26?,27?;;/m1../s1. The molecule has 1 amide bonds. The van der Waals surface area contributed by atoms with E-state index in [1.165, 1.54) is 13.8 Å². The van der Waals surface area contributed by atoms with Crippen molar-refractivity contribution < 1.29 is 143 Å². The first-order valence-electron chi connectivity index (χ1n) is 13.5. The summed E-state index contributed by atoms with van der Waals surface area (Å²) < 4.78 is 10.1. The number of aliphatic hydroxyl groups is 5. The van der Waals surface area contributed by atoms with E-state index in [-0.39, 0.29) is 113 Å². The summed E-state index contributed by atoms with van der Waals surface area (Å²) in [6.45, 7) is 9.70. The van der Waals surface area contributed by atoms with E-state index in [9.17, 15) is 40.4 Å². The molecular weight excluding hydrogens is 968 g/mol. The zero-order valence-corrected chi connectivity index (χ0v) is 34.2. The van der Waals surface area contributed by atoms with E-state index < -0.39 is 88.2 Å². The van der Waals surface area contributed by atoms with Crippen molar-refractivity contribution in [3.63, 3.8) is 0 Å². The topological polar surface area (TPSA) is 195 Å². The van der Waals surface area contributed by atoms with Crippen LogP contribution in [0.2, 0.25) is 0 Å². The van der Waals surface area contributed by atoms with Gasteiger partial charge in [-0.1, -0.05) is 26.3 Å². The van der Waals surface area contributed by atoms with E-state index in [0.29, 0.717) is 5.57 Å². The molecule has 1 heterocycles. The molecule has 4 aliphatic rings. The molecule has 2 saturated carbocycles. The predicted octanol–water partition coefficient (Wildman–Crippen LogP) is 0.140. The number of hydrogen-bond donors (Lipinski definition) is 7. The Morgan fingerprint density at radius 1 is 1.17 bits per heavy atom. The van der Waals surface area contributed by atoms with Crippen molar-refractivity contribution in [2.75, 3.05) is 13.7 Å². The number of Topliss-reactive ketones (excluding diaryl/α,β-unsaturated/α-hetero) is 1. The van der Waals surface area contributed by atoms with Crippen molar-refractivity contribution >= 4 is 11.9 Å². The molecule has 2 bridgehead atoms. The summed E-state index contributed by atoms with van der Waals surface area (Å²) in [5.74, 6) is -3.41. The van der Waals surface area contributed by atoms with Crippen molar-refractivity contribution in [2.24, 2.45) is 28.6 Å². The van der Waals surface area contributed by atoms with Gasteiger partial charge in [0, 0.05) is 112 Å². The fraction of sp³-hybridized carbons (Fsp3) is 0.852. The van der Waals surface area contributed by atoms with Crippen LogP contribution in [0.15, 0.2) is 11.1 Å². The fourth-order valence-electron chi connectivity index (χ4n) is 8.41. The first-order chi connectivity index (χ1) is 17.9. The maximum absolute atomic E-state index is 14.1. The van der Waals surface area contributed by atoms with Gasteiger partial charge in [-0.2, -0.15) is 0 Å². The maximum Gasteiger partial charge on any atom is 0.407 e. The second-order valence-corrected chi connectivity index (χ2v) is 12.8. The van der Waals surface area contributed by atoms with Crippen LogP contribution in [0.25, 0.3) is 0 Å². The van der Waals surface area contributed by atoms with Gasteiger partial charge in [-0.25, -0.2) is 9.68 Å². The Hall–Kier alpha value is 1.24. The number of carbonyl (C=O) groups excluding carboxylic acids is 2. The third-order valence-electron chi connectivity index (χ3n) is 10.9. The van der Waals surface area contributed by atoms with Gasteiger partial charge in [0.05, 0.1) is 43.0 Å². The largest absolute Gasteiger partial charge is 0.453 e. The third kappa shape index (κ3) is 5.52. The van der Waals surface area contributed by atoms with Crippen LogP contribution >= 0.6 is 0 Å². The number of methoxy groups -OCH3 is 1. The first kappa shape index (κ1) is 38.4. The molecule has 0 aromatic carbocycles. The van der Waals surface area contributed by atoms with Gasteiger partial charge in [-0.05, 0) is 38.7 Å². The van der Waals surface area contributed by atoms with Crippen LogP contribution in [0.4, 0.5) is 4.79 Å². The summed E-state index contributed by atoms with van der Waals surface area (Å²) >= 11 is 0. The molecule has 11 unspecified atom stereocenters. The molecule has 1 aliphatic heterocycles. The van der Waals surface area contributed by atoms with Gasteiger partial charge in [0.2, 0.25) is 0 Å². The van der Waals surface area contributed by atoms with Crippen molar-refractivity contribution in [1.29, 1.82) is 0 Å². The molecule has 0 spiro atoms. The van der Waals surface area contributed by atoms with Crippen LogP contribution in [0.3, 0.4) is 0 Å². The van der Waals surface area contributed by atoms with Gasteiger partial charge < -0.3 is 40.3 Å². The quantitative estimate of drug-likeness (QED) is 0.113. The number of ketones is 1. The molecule has 12 atom stereocenters. The Balaban J connectivity index is 0.00000294. The molecule has 3 fully saturated rings. The fourth-order valence-corrected chi connectivity index (χ4v) is 8.41. The third-order valence-corrected chi connectivity index (χ3v) is 10.9. The van der Waals surface area contributed by atoms with E-state index in [1.54, 1.807) is 27.7 Å². The molecule has 7 N–H and O–H groups in total. The van der Waals surface area contributed by atoms with Crippen LogP contribution in [-0.2, 0) is 19.2 Å². The van der Waals surface area contributed by atoms with Crippen molar-refractivity contribution in [3.05, 3.63) is 11.1 Å². The second-order valence-electron chi connectivity index (χ2n) is 12.8. The van der Waals surface area contributed by atoms with Crippen LogP contribution in [0.1, 0.15) is 54.4 Å². The Morgan fingerprint density at radius 2 is 1.76 bits per heavy atom. The van der Waals surface area contributed by atoms with Gasteiger partial charge in [0.15, 0.2) is 5.78 Å². The molecule has 4 rings (SSSR count). The summed E-state index contributed by atoms with van der Waals surface area (Å²) in [5, 5.41) is 70.8. The SMILES string of the molecule is COC(=O)NC(C)C(O)C(OO)C1CC2(O)C(C)C3C4(O)COC4CC(O)[C@@]3(C)C(=O)C(O)C(=C1C)C2(C)C.[Ac].[Ac]. The van der Waals surface area contributed by atoms with Gasteiger partial charge in [0.25, 0.3) is 0 Å². The van der Waals surface area contributed by atoms with E-state index >= 15 is 0 Å². The minimum absolute atomic E-state index is 0. The number of fused-ring (bicyclic) bond motifs is 5. The van der Waals surface area contributed by atoms with Crippen LogP contribution in [0, 0.1) is 117 Å². The number of ether oxygens (including phenoxy) is 2. The number of amides is 1. The molecule has 228 valence electrons. The molecule has 14 heteroatoms. The molecule has 2 radical (unpaired) electrons. The maximum atomic E-state index is 14.1. The Morgan fingerprint density at radius 3 is 2.24 bits per heavy atom. The number of carbonyl (C=O) groups is 2. The Kier molecular flexibility index (Phi) is 12.3. The minimum Gasteiger partial charge on any atom is -0.453 e. The zero-order valence-electron chi connectivity index (χ0n) is 24.7. The zero-order chi connectivity index (χ0) is 29.5. The summed E-state index contributed by atoms with van der Waals surface area (Å²) in [4.78, 5) is 30.6. The Bertz CT molecular complexity index is 1060. The van der Waals surface area contributed by atoms with Gasteiger partial charge >= 0.3 is 6.09 Å². The summed E-state index contributed by atoms with van der Waals surface area (Å²) in [7, 11) is 1.16. The smallest absolute Gasteiger partial charge is 0.407 e. The predicted molar refractivity (Wildman–Crippen MR) is 135 cm³/mol. The first-order valence-corrected chi connectivity index (χ1v) is 13.5. The minimum atomic E-state index is -1.76. The number of alkyl carbamates (subject to hydrolysis) is 1. The van der Waals surface area contributed by atoms with Crippen LogP contribution < -0.4 is 5.32 Å². The molecule has 41 heavy (non-hydrogen) atoms. The molecule has 0 aromatic rings. The second kappa shape index (κ2) is 13.2. The normalized spacial score (nSPS) is 43.3. The van der Waals surface area contributed by atoms with Crippen molar-refractivity contribution in [3.8, 4) is 0 Å². The number of rotatable bonds is 5. The monoisotopic (exact) mass is 1010 g/mol. The molecule has 0 aromatic heterocycles. The number of aliphatic hydroxyl groups excluding tert-OH is 3. The average molecular weight is 1010 g/mol. The van der Waals surface area contributed by atoms with E-state index in [4.69, 9.17) is 9.62 Å². The van der Waals surface area contributed by atoms with E-state index in [0.717, 1.165) is 7.11 Å². The van der Waals surface area contributed by atoms with Crippen LogP contribution in [0.5, 0.6) is 0 Å². The molecule has 12 nitrogen and oxygen atoms in total. The van der Waals surface area contributed by atoms with E-state index in [2.05, 4.69) is 10.1 Å². The van der Waals surface area contributed by atoms with Gasteiger partial charge in [-0.15, -0.1) is 0 Å².